The van der Waals surface area contributed by atoms with Gasteiger partial charge in [-0.25, -0.2) is 0 Å². The number of piperidine rings is 1. The van der Waals surface area contributed by atoms with Crippen LogP contribution in [0.4, 0.5) is 0 Å². The molecule has 1 aromatic heterocycles. The predicted octanol–water partition coefficient (Wildman–Crippen LogP) is 2.76. The zero-order valence-electron chi connectivity index (χ0n) is 11.3. The highest BCUT2D eigenvalue weighted by molar-refractivity contribution is 5.17. The minimum atomic E-state index is 0.749. The number of hydrogen-bond acceptors (Lipinski definition) is 3. The van der Waals surface area contributed by atoms with Gasteiger partial charge in [0.15, 0.2) is 0 Å². The van der Waals surface area contributed by atoms with E-state index in [0.29, 0.717) is 0 Å². The molecule has 1 aliphatic carbocycles. The molecule has 1 N–H and O–H groups in total. The monoisotopic (exact) mass is 248 g/mol. The van der Waals surface area contributed by atoms with Gasteiger partial charge in [0.1, 0.15) is 5.76 Å². The highest BCUT2D eigenvalue weighted by Crippen LogP contribution is 2.22. The molecule has 3 heteroatoms. The molecule has 1 aromatic rings. The molecule has 0 bridgehead atoms. The Balaban J connectivity index is 1.53. The Kier molecular flexibility index (Phi) is 3.71. The first-order valence-corrected chi connectivity index (χ1v) is 7.32. The predicted molar refractivity (Wildman–Crippen MR) is 72.2 cm³/mol. The molecule has 0 unspecified atom stereocenters. The molecule has 1 saturated carbocycles. The van der Waals surface area contributed by atoms with Crippen molar-refractivity contribution in [2.75, 3.05) is 13.1 Å². The molecule has 18 heavy (non-hydrogen) atoms. The second kappa shape index (κ2) is 5.45. The molecule has 2 fully saturated rings. The number of nitrogens with zero attached hydrogens (tertiary/aromatic N) is 1. The van der Waals surface area contributed by atoms with Crippen LogP contribution in [-0.4, -0.2) is 24.0 Å². The molecule has 3 nitrogen and oxygen atoms in total. The molecule has 2 heterocycles. The van der Waals surface area contributed by atoms with Crippen LogP contribution >= 0.6 is 0 Å². The van der Waals surface area contributed by atoms with Gasteiger partial charge in [-0.3, -0.25) is 4.90 Å². The lowest BCUT2D eigenvalue weighted by Gasteiger charge is -2.30. The SMILES string of the molecule is CC1CCN(Cc2ccoc2CNC2CC2)CC1. The van der Waals surface area contributed by atoms with Crippen LogP contribution in [0.25, 0.3) is 0 Å². The van der Waals surface area contributed by atoms with Crippen LogP contribution in [-0.2, 0) is 13.1 Å². The maximum absolute atomic E-state index is 5.62. The summed E-state index contributed by atoms with van der Waals surface area (Å²) in [5, 5.41) is 3.53. The second-order valence-electron chi connectivity index (χ2n) is 5.98. The van der Waals surface area contributed by atoms with Crippen molar-refractivity contribution in [2.45, 2.75) is 51.7 Å². The van der Waals surface area contributed by atoms with E-state index in [1.807, 2.05) is 6.26 Å². The van der Waals surface area contributed by atoms with Gasteiger partial charge in [-0.05, 0) is 50.8 Å². The average molecular weight is 248 g/mol. The van der Waals surface area contributed by atoms with E-state index in [-0.39, 0.29) is 0 Å². The van der Waals surface area contributed by atoms with E-state index in [1.54, 1.807) is 0 Å². The first-order valence-electron chi connectivity index (χ1n) is 7.32. The zero-order valence-corrected chi connectivity index (χ0v) is 11.3. The summed E-state index contributed by atoms with van der Waals surface area (Å²) < 4.78 is 5.62. The maximum atomic E-state index is 5.62. The van der Waals surface area contributed by atoms with Crippen molar-refractivity contribution in [1.29, 1.82) is 0 Å². The molecule has 0 aromatic carbocycles. The van der Waals surface area contributed by atoms with Gasteiger partial charge in [0.25, 0.3) is 0 Å². The largest absolute Gasteiger partial charge is 0.468 e. The van der Waals surface area contributed by atoms with Gasteiger partial charge in [0, 0.05) is 18.2 Å². The minimum Gasteiger partial charge on any atom is -0.468 e. The molecule has 0 amide bonds. The van der Waals surface area contributed by atoms with Gasteiger partial charge in [-0.15, -0.1) is 0 Å². The molecule has 0 radical (unpaired) electrons. The Labute approximate surface area is 110 Å². The molecule has 1 aliphatic heterocycles. The lowest BCUT2D eigenvalue weighted by Crippen LogP contribution is -2.32. The summed E-state index contributed by atoms with van der Waals surface area (Å²) in [5.74, 6) is 2.04. The highest BCUT2D eigenvalue weighted by Gasteiger charge is 2.22. The van der Waals surface area contributed by atoms with E-state index in [0.717, 1.165) is 30.8 Å². The second-order valence-corrected chi connectivity index (χ2v) is 5.98. The molecular formula is C15H24N2O. The standard InChI is InChI=1S/C15H24N2O/c1-12-4-7-17(8-5-12)11-13-6-9-18-15(13)10-16-14-2-3-14/h6,9,12,14,16H,2-5,7-8,10-11H2,1H3. The van der Waals surface area contributed by atoms with E-state index in [1.165, 1.54) is 44.3 Å². The first-order chi connectivity index (χ1) is 8.81. The minimum absolute atomic E-state index is 0.749. The first kappa shape index (κ1) is 12.2. The van der Waals surface area contributed by atoms with E-state index in [4.69, 9.17) is 4.42 Å². The summed E-state index contributed by atoms with van der Waals surface area (Å²) in [4.78, 5) is 2.56. The fourth-order valence-electron chi connectivity index (χ4n) is 2.65. The van der Waals surface area contributed by atoms with E-state index >= 15 is 0 Å². The third kappa shape index (κ3) is 3.15. The van der Waals surface area contributed by atoms with Crippen molar-refractivity contribution < 1.29 is 4.42 Å². The van der Waals surface area contributed by atoms with E-state index in [2.05, 4.69) is 23.2 Å². The van der Waals surface area contributed by atoms with Gasteiger partial charge in [-0.2, -0.15) is 0 Å². The summed E-state index contributed by atoms with van der Waals surface area (Å²) in [6.07, 6.45) is 7.19. The van der Waals surface area contributed by atoms with E-state index in [9.17, 15) is 0 Å². The Morgan fingerprint density at radius 1 is 1.28 bits per heavy atom. The van der Waals surface area contributed by atoms with Crippen LogP contribution in [0.1, 0.15) is 43.9 Å². The number of furan rings is 1. The Morgan fingerprint density at radius 2 is 2.06 bits per heavy atom. The summed E-state index contributed by atoms with van der Waals surface area (Å²) in [5.41, 5.74) is 1.37. The topological polar surface area (TPSA) is 28.4 Å². The van der Waals surface area contributed by atoms with Gasteiger partial charge < -0.3 is 9.73 Å². The Hall–Kier alpha value is -0.800. The number of rotatable bonds is 5. The summed E-state index contributed by atoms with van der Waals surface area (Å²) in [6, 6.07) is 2.89. The van der Waals surface area contributed by atoms with Gasteiger partial charge in [-0.1, -0.05) is 6.92 Å². The molecule has 0 atom stereocenters. The molecule has 3 rings (SSSR count). The van der Waals surface area contributed by atoms with Crippen molar-refractivity contribution in [3.8, 4) is 0 Å². The summed E-state index contributed by atoms with van der Waals surface area (Å²) in [6.45, 7) is 6.80. The molecular weight excluding hydrogens is 224 g/mol. The molecule has 100 valence electrons. The fourth-order valence-corrected chi connectivity index (χ4v) is 2.65. The quantitative estimate of drug-likeness (QED) is 0.868. The molecule has 0 spiro atoms. The smallest absolute Gasteiger partial charge is 0.122 e. The van der Waals surface area contributed by atoms with Gasteiger partial charge in [0.05, 0.1) is 12.8 Å². The third-order valence-electron chi connectivity index (χ3n) is 4.24. The number of nitrogens with one attached hydrogen (secondary N) is 1. The van der Waals surface area contributed by atoms with Gasteiger partial charge in [0.2, 0.25) is 0 Å². The van der Waals surface area contributed by atoms with Crippen LogP contribution in [0.2, 0.25) is 0 Å². The highest BCUT2D eigenvalue weighted by atomic mass is 16.3. The average Bonchev–Trinajstić information content (AvgIpc) is 3.11. The normalized spacial score (nSPS) is 22.5. The maximum Gasteiger partial charge on any atom is 0.122 e. The van der Waals surface area contributed by atoms with Crippen molar-refractivity contribution in [3.63, 3.8) is 0 Å². The van der Waals surface area contributed by atoms with Crippen molar-refractivity contribution in [1.82, 2.24) is 10.2 Å². The van der Waals surface area contributed by atoms with Crippen LogP contribution in [0, 0.1) is 5.92 Å². The van der Waals surface area contributed by atoms with Crippen LogP contribution in [0.3, 0.4) is 0 Å². The Morgan fingerprint density at radius 3 is 2.78 bits per heavy atom. The lowest BCUT2D eigenvalue weighted by molar-refractivity contribution is 0.184. The zero-order chi connectivity index (χ0) is 12.4. The summed E-state index contributed by atoms with van der Waals surface area (Å²) in [7, 11) is 0. The van der Waals surface area contributed by atoms with Crippen molar-refractivity contribution in [3.05, 3.63) is 23.7 Å². The number of likely N-dealkylation sites (tertiary alicyclic amines) is 1. The van der Waals surface area contributed by atoms with Crippen LogP contribution < -0.4 is 5.32 Å². The van der Waals surface area contributed by atoms with Gasteiger partial charge >= 0.3 is 0 Å². The lowest BCUT2D eigenvalue weighted by atomic mass is 9.99. The Bertz CT molecular complexity index is 376. The van der Waals surface area contributed by atoms with E-state index < -0.39 is 0 Å². The van der Waals surface area contributed by atoms with Crippen molar-refractivity contribution >= 4 is 0 Å². The molecule has 1 saturated heterocycles. The van der Waals surface area contributed by atoms with Crippen LogP contribution in [0.5, 0.6) is 0 Å². The fraction of sp³-hybridized carbons (Fsp3) is 0.733. The van der Waals surface area contributed by atoms with Crippen LogP contribution in [0.15, 0.2) is 16.7 Å². The third-order valence-corrected chi connectivity index (χ3v) is 4.24. The number of hydrogen-bond donors (Lipinski definition) is 1. The van der Waals surface area contributed by atoms with Crippen molar-refractivity contribution in [2.24, 2.45) is 5.92 Å². The molecule has 2 aliphatic rings. The summed E-state index contributed by atoms with van der Waals surface area (Å²) >= 11 is 0.